The molecule has 1 aromatic carbocycles. The number of anilines is 1. The Balaban J connectivity index is 2.48. The van der Waals surface area contributed by atoms with Crippen LogP contribution < -0.4 is 5.73 Å². The zero-order valence-corrected chi connectivity index (χ0v) is 13.6. The fraction of sp³-hybridized carbons (Fsp3) is 0.500. The molecule has 1 aliphatic rings. The maximum absolute atomic E-state index is 12.8. The van der Waals surface area contributed by atoms with Crippen molar-refractivity contribution in [1.82, 2.24) is 9.21 Å². The molecule has 6 nitrogen and oxygen atoms in total. The summed E-state index contributed by atoms with van der Waals surface area (Å²) in [5, 5.41) is 0. The SMILES string of the molecule is Cc1cc(S(=O)(=O)N2CCN(C)C(=O)C2(C)C)ccc1N. The molecule has 2 N–H and O–H groups in total. The van der Waals surface area contributed by atoms with Crippen molar-refractivity contribution >= 4 is 21.6 Å². The van der Waals surface area contributed by atoms with Gasteiger partial charge in [-0.3, -0.25) is 4.79 Å². The van der Waals surface area contributed by atoms with E-state index in [9.17, 15) is 13.2 Å². The van der Waals surface area contributed by atoms with Gasteiger partial charge in [0.25, 0.3) is 0 Å². The lowest BCUT2D eigenvalue weighted by Gasteiger charge is -2.43. The third-order valence-corrected chi connectivity index (χ3v) is 6.03. The van der Waals surface area contributed by atoms with Crippen LogP contribution >= 0.6 is 0 Å². The highest BCUT2D eigenvalue weighted by Crippen LogP contribution is 2.30. The van der Waals surface area contributed by atoms with E-state index in [2.05, 4.69) is 0 Å². The summed E-state index contributed by atoms with van der Waals surface area (Å²) in [6.45, 7) is 5.68. The van der Waals surface area contributed by atoms with Crippen molar-refractivity contribution in [3.63, 3.8) is 0 Å². The van der Waals surface area contributed by atoms with E-state index in [1.807, 2.05) is 0 Å². The van der Waals surface area contributed by atoms with Gasteiger partial charge in [0.15, 0.2) is 0 Å². The Morgan fingerprint density at radius 1 is 1.24 bits per heavy atom. The number of carbonyl (C=O) groups excluding carboxylic acids is 1. The van der Waals surface area contributed by atoms with E-state index >= 15 is 0 Å². The molecule has 116 valence electrons. The topological polar surface area (TPSA) is 83.7 Å². The summed E-state index contributed by atoms with van der Waals surface area (Å²) in [7, 11) is -2.05. The number of nitrogens with two attached hydrogens (primary N) is 1. The van der Waals surface area contributed by atoms with Gasteiger partial charge in [0.1, 0.15) is 5.54 Å². The molecule has 7 heteroatoms. The highest BCUT2D eigenvalue weighted by atomic mass is 32.2. The summed E-state index contributed by atoms with van der Waals surface area (Å²) in [4.78, 5) is 14.0. The number of piperazine rings is 1. The Hall–Kier alpha value is -1.60. The summed E-state index contributed by atoms with van der Waals surface area (Å²) < 4.78 is 26.9. The highest BCUT2D eigenvalue weighted by molar-refractivity contribution is 7.89. The lowest BCUT2D eigenvalue weighted by molar-refractivity contribution is -0.142. The zero-order chi connectivity index (χ0) is 16.0. The van der Waals surface area contributed by atoms with Gasteiger partial charge in [-0.1, -0.05) is 0 Å². The van der Waals surface area contributed by atoms with Gasteiger partial charge >= 0.3 is 0 Å². The molecule has 0 aliphatic carbocycles. The van der Waals surface area contributed by atoms with Gasteiger partial charge in [-0.15, -0.1) is 0 Å². The maximum Gasteiger partial charge on any atom is 0.244 e. The molecule has 0 bridgehead atoms. The van der Waals surface area contributed by atoms with Gasteiger partial charge in [-0.2, -0.15) is 4.31 Å². The molecule has 0 atom stereocenters. The second-order valence-electron chi connectivity index (χ2n) is 5.88. The van der Waals surface area contributed by atoms with E-state index in [1.54, 1.807) is 44.9 Å². The standard InChI is InChI=1S/C14H21N3O3S/c1-10-9-11(5-6-12(10)15)21(19,20)17-8-7-16(4)13(18)14(17,2)3/h5-6,9H,7-8,15H2,1-4H3. The Labute approximate surface area is 125 Å². The molecule has 1 aliphatic heterocycles. The number of sulfonamides is 1. The number of amides is 1. The first-order valence-corrected chi connectivity index (χ1v) is 8.17. The second kappa shape index (κ2) is 4.99. The van der Waals surface area contributed by atoms with Gasteiger partial charge in [0, 0.05) is 25.8 Å². The van der Waals surface area contributed by atoms with Gasteiger partial charge < -0.3 is 10.6 Å². The maximum atomic E-state index is 12.8. The Morgan fingerprint density at radius 2 is 1.86 bits per heavy atom. The predicted molar refractivity (Wildman–Crippen MR) is 81.2 cm³/mol. The van der Waals surface area contributed by atoms with Gasteiger partial charge in [0.2, 0.25) is 15.9 Å². The normalized spacial score (nSPS) is 19.8. The number of likely N-dealkylation sites (N-methyl/N-ethyl adjacent to an activating group) is 1. The van der Waals surface area contributed by atoms with Crippen molar-refractivity contribution < 1.29 is 13.2 Å². The van der Waals surface area contributed by atoms with Crippen LogP contribution in [0.1, 0.15) is 19.4 Å². The van der Waals surface area contributed by atoms with Crippen molar-refractivity contribution in [3.8, 4) is 0 Å². The van der Waals surface area contributed by atoms with E-state index in [0.717, 1.165) is 0 Å². The number of benzene rings is 1. The van der Waals surface area contributed by atoms with Crippen molar-refractivity contribution in [2.24, 2.45) is 0 Å². The molecule has 0 unspecified atom stereocenters. The first kappa shape index (κ1) is 15.8. The third-order valence-electron chi connectivity index (χ3n) is 3.96. The third kappa shape index (κ3) is 2.51. The second-order valence-corrected chi connectivity index (χ2v) is 7.74. The van der Waals surface area contributed by atoms with E-state index in [-0.39, 0.29) is 17.3 Å². The van der Waals surface area contributed by atoms with Gasteiger partial charge in [0.05, 0.1) is 4.90 Å². The van der Waals surface area contributed by atoms with Gasteiger partial charge in [-0.05, 0) is 44.5 Å². The van der Waals surface area contributed by atoms with Crippen LogP contribution in [0.5, 0.6) is 0 Å². The van der Waals surface area contributed by atoms with Crippen LogP contribution in [-0.2, 0) is 14.8 Å². The monoisotopic (exact) mass is 311 g/mol. The Morgan fingerprint density at radius 3 is 2.43 bits per heavy atom. The first-order valence-electron chi connectivity index (χ1n) is 6.73. The fourth-order valence-corrected chi connectivity index (χ4v) is 4.37. The molecule has 1 heterocycles. The molecule has 1 aromatic rings. The summed E-state index contributed by atoms with van der Waals surface area (Å²) in [5.41, 5.74) is 5.89. The van der Waals surface area contributed by atoms with Crippen LogP contribution in [0.4, 0.5) is 5.69 Å². The van der Waals surface area contributed by atoms with Crippen LogP contribution in [0.15, 0.2) is 23.1 Å². The average molecular weight is 311 g/mol. The molecule has 1 fully saturated rings. The van der Waals surface area contributed by atoms with Crippen molar-refractivity contribution in [1.29, 1.82) is 0 Å². The molecular weight excluding hydrogens is 290 g/mol. The van der Waals surface area contributed by atoms with E-state index < -0.39 is 15.6 Å². The van der Waals surface area contributed by atoms with Crippen LogP contribution in [0.2, 0.25) is 0 Å². The number of nitrogen functional groups attached to an aromatic ring is 1. The minimum absolute atomic E-state index is 0.166. The number of carbonyl (C=O) groups is 1. The summed E-state index contributed by atoms with van der Waals surface area (Å²) in [5.74, 6) is -0.204. The summed E-state index contributed by atoms with van der Waals surface area (Å²) >= 11 is 0. The molecule has 1 amide bonds. The van der Waals surface area contributed by atoms with Crippen LogP contribution in [-0.4, -0.2) is 49.2 Å². The zero-order valence-electron chi connectivity index (χ0n) is 12.8. The first-order chi connectivity index (χ1) is 9.58. The van der Waals surface area contributed by atoms with Crippen molar-refractivity contribution in [2.75, 3.05) is 25.9 Å². The molecule has 0 radical (unpaired) electrons. The van der Waals surface area contributed by atoms with Crippen LogP contribution in [0, 0.1) is 6.92 Å². The van der Waals surface area contributed by atoms with Crippen LogP contribution in [0.25, 0.3) is 0 Å². The Bertz CT molecular complexity index is 683. The van der Waals surface area contributed by atoms with Crippen molar-refractivity contribution in [3.05, 3.63) is 23.8 Å². The molecule has 0 aromatic heterocycles. The molecule has 2 rings (SSSR count). The highest BCUT2D eigenvalue weighted by Gasteiger charge is 2.46. The molecule has 0 saturated carbocycles. The number of nitrogens with zero attached hydrogens (tertiary/aromatic N) is 2. The molecule has 1 saturated heterocycles. The van der Waals surface area contributed by atoms with Gasteiger partial charge in [-0.25, -0.2) is 8.42 Å². The molecule has 21 heavy (non-hydrogen) atoms. The lowest BCUT2D eigenvalue weighted by Crippen LogP contribution is -2.63. The number of hydrogen-bond donors (Lipinski definition) is 1. The molecular formula is C14H21N3O3S. The fourth-order valence-electron chi connectivity index (χ4n) is 2.55. The molecule has 0 spiro atoms. The summed E-state index contributed by atoms with van der Waals surface area (Å²) in [6.07, 6.45) is 0. The lowest BCUT2D eigenvalue weighted by atomic mass is 10.0. The minimum Gasteiger partial charge on any atom is -0.399 e. The van der Waals surface area contributed by atoms with Crippen LogP contribution in [0.3, 0.4) is 0 Å². The van der Waals surface area contributed by atoms with E-state index in [4.69, 9.17) is 5.73 Å². The predicted octanol–water partition coefficient (Wildman–Crippen LogP) is 0.819. The quantitative estimate of drug-likeness (QED) is 0.820. The number of aryl methyl sites for hydroxylation is 1. The number of hydrogen-bond acceptors (Lipinski definition) is 4. The smallest absolute Gasteiger partial charge is 0.244 e. The largest absolute Gasteiger partial charge is 0.399 e. The van der Waals surface area contributed by atoms with Crippen molar-refractivity contribution in [2.45, 2.75) is 31.2 Å². The van der Waals surface area contributed by atoms with E-state index in [0.29, 0.717) is 17.8 Å². The minimum atomic E-state index is -3.74. The van der Waals surface area contributed by atoms with E-state index in [1.165, 1.54) is 10.4 Å². The summed E-state index contributed by atoms with van der Waals surface area (Å²) in [6, 6.07) is 4.60. The Kier molecular flexibility index (Phi) is 3.75. The number of rotatable bonds is 2. The average Bonchev–Trinajstić information content (AvgIpc) is 2.38.